The predicted octanol–water partition coefficient (Wildman–Crippen LogP) is -0.655. The summed E-state index contributed by atoms with van der Waals surface area (Å²) in [5.41, 5.74) is 0. The van der Waals surface area contributed by atoms with Crippen molar-refractivity contribution in [1.29, 1.82) is 0 Å². The topological polar surface area (TPSA) is 105 Å². The van der Waals surface area contributed by atoms with E-state index in [-0.39, 0.29) is 32.3 Å². The Bertz CT molecular complexity index is 692. The number of amides is 1. The van der Waals surface area contributed by atoms with Gasteiger partial charge in [0.15, 0.2) is 6.61 Å². The van der Waals surface area contributed by atoms with Gasteiger partial charge in [-0.15, -0.1) is 0 Å². The Balaban J connectivity index is 1.58. The Morgan fingerprint density at radius 2 is 2.04 bits per heavy atom. The van der Waals surface area contributed by atoms with Crippen molar-refractivity contribution in [2.75, 3.05) is 33.0 Å². The van der Waals surface area contributed by atoms with Gasteiger partial charge in [0.25, 0.3) is 5.91 Å². The molecule has 0 radical (unpaired) electrons. The van der Waals surface area contributed by atoms with Crippen LogP contribution in [0.5, 0.6) is 5.75 Å². The van der Waals surface area contributed by atoms with E-state index in [4.69, 9.17) is 9.47 Å². The van der Waals surface area contributed by atoms with Gasteiger partial charge in [-0.3, -0.25) is 4.79 Å². The second-order valence-electron chi connectivity index (χ2n) is 6.16. The lowest BCUT2D eigenvalue weighted by atomic mass is 10.1. The number of para-hydroxylation sites is 1. The van der Waals surface area contributed by atoms with Crippen molar-refractivity contribution in [3.05, 3.63) is 30.3 Å². The summed E-state index contributed by atoms with van der Waals surface area (Å²) in [4.78, 5) is 13.9. The first-order chi connectivity index (χ1) is 12.0. The molecule has 2 saturated heterocycles. The van der Waals surface area contributed by atoms with E-state index in [1.165, 1.54) is 4.90 Å². The van der Waals surface area contributed by atoms with E-state index in [1.807, 2.05) is 6.07 Å². The highest BCUT2D eigenvalue weighted by atomic mass is 32.2. The van der Waals surface area contributed by atoms with Crippen LogP contribution in [0.25, 0.3) is 0 Å². The largest absolute Gasteiger partial charge is 0.484 e. The number of carbonyl (C=O) groups is 1. The van der Waals surface area contributed by atoms with Crippen LogP contribution in [0.3, 0.4) is 0 Å². The Labute approximate surface area is 146 Å². The molecular formula is C16H22N2O6S. The highest BCUT2D eigenvalue weighted by molar-refractivity contribution is 7.90. The lowest BCUT2D eigenvalue weighted by Crippen LogP contribution is -2.54. The minimum atomic E-state index is -3.51. The zero-order chi connectivity index (χ0) is 17.9. The number of aliphatic hydroxyl groups is 1. The smallest absolute Gasteiger partial charge is 0.260 e. The van der Waals surface area contributed by atoms with Gasteiger partial charge in [-0.05, 0) is 18.6 Å². The predicted molar refractivity (Wildman–Crippen MR) is 89.6 cm³/mol. The lowest BCUT2D eigenvalue weighted by Gasteiger charge is -2.30. The van der Waals surface area contributed by atoms with Crippen LogP contribution in [0.15, 0.2) is 30.3 Å². The molecule has 0 saturated carbocycles. The maximum absolute atomic E-state index is 12.4. The number of benzene rings is 1. The molecule has 0 bridgehead atoms. The molecule has 0 spiro atoms. The van der Waals surface area contributed by atoms with Gasteiger partial charge in [0, 0.05) is 12.6 Å². The number of nitrogens with one attached hydrogen (secondary N) is 1. The van der Waals surface area contributed by atoms with Gasteiger partial charge in [0.2, 0.25) is 10.0 Å². The molecule has 1 aromatic carbocycles. The lowest BCUT2D eigenvalue weighted by molar-refractivity contribution is -0.135. The van der Waals surface area contributed by atoms with Crippen LogP contribution in [0.1, 0.15) is 6.42 Å². The van der Waals surface area contributed by atoms with Crippen molar-refractivity contribution < 1.29 is 27.8 Å². The molecule has 2 N–H and O–H groups in total. The molecule has 1 aromatic rings. The summed E-state index contributed by atoms with van der Waals surface area (Å²) in [6, 6.07) is 7.86. The van der Waals surface area contributed by atoms with E-state index in [1.54, 1.807) is 24.3 Å². The highest BCUT2D eigenvalue weighted by Crippen LogP contribution is 2.21. The zero-order valence-electron chi connectivity index (χ0n) is 13.7. The minimum Gasteiger partial charge on any atom is -0.484 e. The van der Waals surface area contributed by atoms with Gasteiger partial charge in [0.05, 0.1) is 25.9 Å². The summed E-state index contributed by atoms with van der Waals surface area (Å²) in [6.07, 6.45) is 0.453. The molecule has 0 aromatic heterocycles. The summed E-state index contributed by atoms with van der Waals surface area (Å²) in [5.74, 6) is 0.300. The molecule has 25 heavy (non-hydrogen) atoms. The first-order valence-corrected chi connectivity index (χ1v) is 9.73. The number of hydrogen-bond acceptors (Lipinski definition) is 6. The highest BCUT2D eigenvalue weighted by Gasteiger charge is 2.41. The molecule has 0 aliphatic carbocycles. The molecule has 2 aliphatic rings. The van der Waals surface area contributed by atoms with Gasteiger partial charge >= 0.3 is 0 Å². The number of sulfonamides is 1. The van der Waals surface area contributed by atoms with E-state index in [0.717, 1.165) is 0 Å². The van der Waals surface area contributed by atoms with Gasteiger partial charge in [-0.1, -0.05) is 18.2 Å². The van der Waals surface area contributed by atoms with Crippen molar-refractivity contribution in [3.8, 4) is 5.75 Å². The molecule has 1 unspecified atom stereocenters. The zero-order valence-corrected chi connectivity index (χ0v) is 14.5. The average molecular weight is 370 g/mol. The molecule has 2 heterocycles. The van der Waals surface area contributed by atoms with Gasteiger partial charge in [0.1, 0.15) is 11.0 Å². The van der Waals surface area contributed by atoms with E-state index < -0.39 is 27.4 Å². The number of hydrogen-bond donors (Lipinski definition) is 2. The monoisotopic (exact) mass is 370 g/mol. The molecule has 3 rings (SSSR count). The van der Waals surface area contributed by atoms with Crippen LogP contribution in [-0.4, -0.2) is 74.6 Å². The number of ether oxygens (including phenoxy) is 2. The van der Waals surface area contributed by atoms with Crippen molar-refractivity contribution in [1.82, 2.24) is 9.62 Å². The Morgan fingerprint density at radius 3 is 2.64 bits per heavy atom. The minimum absolute atomic E-state index is 0.156. The van der Waals surface area contributed by atoms with Gasteiger partial charge < -0.3 is 19.5 Å². The third kappa shape index (κ3) is 4.12. The number of carbonyl (C=O) groups excluding carboxylic acids is 1. The van der Waals surface area contributed by atoms with Crippen LogP contribution in [0, 0.1) is 0 Å². The van der Waals surface area contributed by atoms with Crippen LogP contribution < -0.4 is 9.46 Å². The molecule has 1 amide bonds. The first-order valence-electron chi connectivity index (χ1n) is 8.18. The summed E-state index contributed by atoms with van der Waals surface area (Å²) >= 11 is 0. The maximum atomic E-state index is 12.4. The molecule has 8 nitrogen and oxygen atoms in total. The number of aliphatic hydroxyl groups excluding tert-OH is 1. The van der Waals surface area contributed by atoms with Crippen LogP contribution in [-0.2, 0) is 19.6 Å². The quantitative estimate of drug-likeness (QED) is 0.661. The number of likely N-dealkylation sites (tertiary alicyclic amines) is 1. The van der Waals surface area contributed by atoms with E-state index in [9.17, 15) is 18.3 Å². The average Bonchev–Trinajstić information content (AvgIpc) is 2.93. The van der Waals surface area contributed by atoms with E-state index in [2.05, 4.69) is 4.72 Å². The fraction of sp³-hybridized carbons (Fsp3) is 0.562. The van der Waals surface area contributed by atoms with Gasteiger partial charge in [-0.2, -0.15) is 0 Å². The summed E-state index contributed by atoms with van der Waals surface area (Å²) in [5, 5.41) is 9.10. The Kier molecular flexibility index (Phi) is 5.57. The summed E-state index contributed by atoms with van der Waals surface area (Å²) < 4.78 is 37.4. The fourth-order valence-corrected chi connectivity index (χ4v) is 4.41. The van der Waals surface area contributed by atoms with Crippen LogP contribution >= 0.6 is 0 Å². The first kappa shape index (κ1) is 18.1. The number of rotatable bonds is 7. The van der Waals surface area contributed by atoms with Crippen LogP contribution in [0.2, 0.25) is 0 Å². The third-order valence-electron chi connectivity index (χ3n) is 4.52. The Morgan fingerprint density at radius 1 is 1.32 bits per heavy atom. The normalized spacial score (nSPS) is 24.1. The standard InChI is InChI=1S/C16H22N2O6S/c19-8-15-14(17-25(21,22)13-9-23-10-13)6-7-18(15)16(20)11-24-12-4-2-1-3-5-12/h1-5,13-15,17,19H,6-11H2/t14?,15-/m0/s1. The molecule has 2 fully saturated rings. The van der Waals surface area contributed by atoms with E-state index >= 15 is 0 Å². The molecule has 2 atom stereocenters. The molecule has 2 aliphatic heterocycles. The van der Waals surface area contributed by atoms with Crippen molar-refractivity contribution in [2.45, 2.75) is 23.8 Å². The fourth-order valence-electron chi connectivity index (χ4n) is 2.97. The van der Waals surface area contributed by atoms with Crippen molar-refractivity contribution in [2.24, 2.45) is 0 Å². The van der Waals surface area contributed by atoms with Crippen molar-refractivity contribution in [3.63, 3.8) is 0 Å². The Hall–Kier alpha value is -1.68. The van der Waals surface area contributed by atoms with Crippen molar-refractivity contribution >= 4 is 15.9 Å². The molecule has 9 heteroatoms. The third-order valence-corrected chi connectivity index (χ3v) is 6.30. The van der Waals surface area contributed by atoms with E-state index in [0.29, 0.717) is 18.7 Å². The second-order valence-corrected chi connectivity index (χ2v) is 8.15. The number of nitrogens with zero attached hydrogens (tertiary/aromatic N) is 1. The molecule has 138 valence electrons. The summed E-state index contributed by atoms with van der Waals surface area (Å²) in [6.45, 7) is 0.261. The second kappa shape index (κ2) is 7.69. The van der Waals surface area contributed by atoms with Crippen LogP contribution in [0.4, 0.5) is 0 Å². The van der Waals surface area contributed by atoms with Gasteiger partial charge in [-0.25, -0.2) is 13.1 Å². The summed E-state index contributed by atoms with van der Waals surface area (Å²) in [7, 11) is -3.51. The molecular weight excluding hydrogens is 348 g/mol. The maximum Gasteiger partial charge on any atom is 0.260 e. The SMILES string of the molecule is O=C(COc1ccccc1)N1CCC(NS(=O)(=O)C2COC2)[C@@H]1CO.